The molecule has 0 saturated carbocycles. The maximum atomic E-state index is 12.9. The molecule has 112 valence electrons. The van der Waals surface area contributed by atoms with E-state index in [1.54, 1.807) is 6.07 Å². The van der Waals surface area contributed by atoms with Crippen molar-refractivity contribution in [2.75, 3.05) is 11.9 Å². The van der Waals surface area contributed by atoms with Gasteiger partial charge in [-0.15, -0.1) is 12.4 Å². The molecule has 0 fully saturated rings. The lowest BCUT2D eigenvalue weighted by molar-refractivity contribution is -0.124. The quantitative estimate of drug-likeness (QED) is 0.743. The zero-order valence-electron chi connectivity index (χ0n) is 11.2. The van der Waals surface area contributed by atoms with E-state index in [4.69, 9.17) is 5.73 Å². The summed E-state index contributed by atoms with van der Waals surface area (Å²) in [6, 6.07) is 5.50. The van der Waals surface area contributed by atoms with Crippen molar-refractivity contribution in [3.63, 3.8) is 0 Å². The summed E-state index contributed by atoms with van der Waals surface area (Å²) in [6.45, 7) is 1.66. The molecule has 0 spiro atoms. The number of hydrogen-bond acceptors (Lipinski definition) is 3. The van der Waals surface area contributed by atoms with Gasteiger partial charge in [0.2, 0.25) is 11.8 Å². The summed E-state index contributed by atoms with van der Waals surface area (Å²) in [5.41, 5.74) is 5.87. The number of nitrogens with two attached hydrogens (primary N) is 1. The number of hydrogen-bond donors (Lipinski definition) is 3. The zero-order chi connectivity index (χ0) is 14.3. The number of carbonyl (C=O) groups excluding carboxylic acids is 2. The second-order valence-corrected chi connectivity index (χ2v) is 4.35. The Morgan fingerprint density at radius 3 is 2.65 bits per heavy atom. The molecular weight excluding hydrogens is 285 g/mol. The molecule has 7 heteroatoms. The molecule has 20 heavy (non-hydrogen) atoms. The van der Waals surface area contributed by atoms with Crippen LogP contribution in [0.3, 0.4) is 0 Å². The molecule has 1 atom stereocenters. The van der Waals surface area contributed by atoms with Crippen molar-refractivity contribution in [1.82, 2.24) is 5.32 Å². The van der Waals surface area contributed by atoms with Crippen LogP contribution in [0.4, 0.5) is 10.1 Å². The minimum Gasteiger partial charge on any atom is -0.347 e. The molecule has 0 saturated heterocycles. The highest BCUT2D eigenvalue weighted by Gasteiger charge is 2.07. The molecule has 0 aliphatic carbocycles. The smallest absolute Gasteiger partial charge is 0.243 e. The lowest BCUT2D eigenvalue weighted by Gasteiger charge is -2.08. The van der Waals surface area contributed by atoms with Crippen LogP contribution in [0.25, 0.3) is 0 Å². The van der Waals surface area contributed by atoms with Crippen LogP contribution in [0.1, 0.15) is 19.8 Å². The minimum absolute atomic E-state index is 0. The molecule has 0 aliphatic heterocycles. The molecule has 4 N–H and O–H groups in total. The molecule has 1 aromatic carbocycles. The predicted octanol–water partition coefficient (Wildman–Crippen LogP) is 1.43. The maximum absolute atomic E-state index is 12.9. The number of halogens is 2. The van der Waals surface area contributed by atoms with Crippen molar-refractivity contribution < 1.29 is 14.0 Å². The van der Waals surface area contributed by atoms with Gasteiger partial charge in [0, 0.05) is 18.2 Å². The summed E-state index contributed by atoms with van der Waals surface area (Å²) in [5.74, 6) is -1.06. The second kappa shape index (κ2) is 9.28. The summed E-state index contributed by atoms with van der Waals surface area (Å²) >= 11 is 0. The van der Waals surface area contributed by atoms with Gasteiger partial charge in [0.25, 0.3) is 0 Å². The highest BCUT2D eigenvalue weighted by Crippen LogP contribution is 2.08. The van der Waals surface area contributed by atoms with E-state index in [1.807, 2.05) is 6.92 Å². The Kier molecular flexibility index (Phi) is 8.51. The first-order chi connectivity index (χ1) is 8.97. The van der Waals surface area contributed by atoms with Crippen LogP contribution in [-0.2, 0) is 9.59 Å². The van der Waals surface area contributed by atoms with Crippen LogP contribution in [0.5, 0.6) is 0 Å². The highest BCUT2D eigenvalue weighted by molar-refractivity contribution is 5.94. The number of amides is 2. The van der Waals surface area contributed by atoms with Gasteiger partial charge in [0.1, 0.15) is 5.82 Å². The first-order valence-corrected chi connectivity index (χ1v) is 6.05. The van der Waals surface area contributed by atoms with E-state index in [0.29, 0.717) is 12.1 Å². The second-order valence-electron chi connectivity index (χ2n) is 4.35. The van der Waals surface area contributed by atoms with E-state index in [-0.39, 0.29) is 37.3 Å². The van der Waals surface area contributed by atoms with Crippen LogP contribution in [0.15, 0.2) is 24.3 Å². The molecule has 1 rings (SSSR count). The number of rotatable bonds is 6. The van der Waals surface area contributed by atoms with Crippen LogP contribution in [0.2, 0.25) is 0 Å². The molecule has 1 aromatic rings. The van der Waals surface area contributed by atoms with Gasteiger partial charge < -0.3 is 16.4 Å². The topological polar surface area (TPSA) is 84.2 Å². The molecule has 0 heterocycles. The van der Waals surface area contributed by atoms with Crippen molar-refractivity contribution in [1.29, 1.82) is 0 Å². The normalized spacial score (nSPS) is 11.2. The molecule has 5 nitrogen and oxygen atoms in total. The van der Waals surface area contributed by atoms with Crippen molar-refractivity contribution >= 4 is 29.9 Å². The van der Waals surface area contributed by atoms with Gasteiger partial charge in [-0.25, -0.2) is 4.39 Å². The fourth-order valence-corrected chi connectivity index (χ4v) is 1.40. The monoisotopic (exact) mass is 303 g/mol. The number of carbonyl (C=O) groups is 2. The van der Waals surface area contributed by atoms with E-state index in [0.717, 1.165) is 0 Å². The summed E-state index contributed by atoms with van der Waals surface area (Å²) in [4.78, 5) is 22.8. The van der Waals surface area contributed by atoms with E-state index in [1.165, 1.54) is 18.2 Å². The van der Waals surface area contributed by atoms with Gasteiger partial charge in [-0.1, -0.05) is 6.07 Å². The summed E-state index contributed by atoms with van der Waals surface area (Å²) in [5, 5.41) is 4.96. The predicted molar refractivity (Wildman–Crippen MR) is 78.2 cm³/mol. The van der Waals surface area contributed by atoms with E-state index < -0.39 is 11.7 Å². The van der Waals surface area contributed by atoms with Crippen LogP contribution >= 0.6 is 12.4 Å². The van der Waals surface area contributed by atoms with Gasteiger partial charge in [-0.2, -0.15) is 0 Å². The van der Waals surface area contributed by atoms with Gasteiger partial charge in [0.05, 0.1) is 6.54 Å². The third kappa shape index (κ3) is 7.70. The summed E-state index contributed by atoms with van der Waals surface area (Å²) in [6.07, 6.45) is 0.849. The van der Waals surface area contributed by atoms with E-state index in [9.17, 15) is 14.0 Å². The van der Waals surface area contributed by atoms with Gasteiger partial charge in [-0.3, -0.25) is 9.59 Å². The molecule has 0 aliphatic rings. The average molecular weight is 304 g/mol. The zero-order valence-corrected chi connectivity index (χ0v) is 12.0. The van der Waals surface area contributed by atoms with Crippen LogP contribution in [0, 0.1) is 5.82 Å². The van der Waals surface area contributed by atoms with Crippen LogP contribution < -0.4 is 16.4 Å². The van der Waals surface area contributed by atoms with E-state index in [2.05, 4.69) is 10.6 Å². The SMILES string of the molecule is CC(N)CCC(=O)NCC(=O)Nc1cccc(F)c1.Cl. The summed E-state index contributed by atoms with van der Waals surface area (Å²) in [7, 11) is 0. The van der Waals surface area contributed by atoms with Crippen molar-refractivity contribution in [2.45, 2.75) is 25.8 Å². The number of nitrogens with one attached hydrogen (secondary N) is 2. The first kappa shape index (κ1) is 18.3. The minimum atomic E-state index is -0.432. The van der Waals surface area contributed by atoms with E-state index >= 15 is 0 Å². The lowest BCUT2D eigenvalue weighted by Crippen LogP contribution is -2.33. The van der Waals surface area contributed by atoms with Gasteiger partial charge in [0.15, 0.2) is 0 Å². The summed E-state index contributed by atoms with van der Waals surface area (Å²) < 4.78 is 12.9. The number of benzene rings is 1. The fourth-order valence-electron chi connectivity index (χ4n) is 1.40. The fraction of sp³-hybridized carbons (Fsp3) is 0.385. The van der Waals surface area contributed by atoms with Crippen molar-refractivity contribution in [3.8, 4) is 0 Å². The molecule has 0 bridgehead atoms. The van der Waals surface area contributed by atoms with Crippen molar-refractivity contribution in [2.24, 2.45) is 5.73 Å². The first-order valence-electron chi connectivity index (χ1n) is 6.05. The Bertz CT molecular complexity index is 455. The molecule has 0 radical (unpaired) electrons. The number of anilines is 1. The largest absolute Gasteiger partial charge is 0.347 e. The van der Waals surface area contributed by atoms with Crippen molar-refractivity contribution in [3.05, 3.63) is 30.1 Å². The molecular formula is C13H19ClFN3O2. The highest BCUT2D eigenvalue weighted by atomic mass is 35.5. The van der Waals surface area contributed by atoms with Gasteiger partial charge >= 0.3 is 0 Å². The molecule has 1 unspecified atom stereocenters. The average Bonchev–Trinajstić information content (AvgIpc) is 2.34. The Labute approximate surface area is 123 Å². The van der Waals surface area contributed by atoms with Crippen LogP contribution in [-0.4, -0.2) is 24.4 Å². The van der Waals surface area contributed by atoms with Gasteiger partial charge in [-0.05, 0) is 31.5 Å². The molecule has 0 aromatic heterocycles. The maximum Gasteiger partial charge on any atom is 0.243 e. The Balaban J connectivity index is 0.00000361. The Hall–Kier alpha value is -1.66. The Morgan fingerprint density at radius 1 is 1.35 bits per heavy atom. The third-order valence-corrected chi connectivity index (χ3v) is 2.38. The Morgan fingerprint density at radius 2 is 2.05 bits per heavy atom. The lowest BCUT2D eigenvalue weighted by atomic mass is 10.2. The third-order valence-electron chi connectivity index (χ3n) is 2.38. The standard InChI is InChI=1S/C13H18FN3O2.ClH/c1-9(15)5-6-12(18)16-8-13(19)17-11-4-2-3-10(14)7-11;/h2-4,7,9H,5-6,8,15H2,1H3,(H,16,18)(H,17,19);1H. The molecule has 2 amide bonds.